The Bertz CT molecular complexity index is 869. The molecule has 148 valence electrons. The van der Waals surface area contributed by atoms with Crippen molar-refractivity contribution in [3.05, 3.63) is 59.2 Å². The van der Waals surface area contributed by atoms with Crippen molar-refractivity contribution in [1.82, 2.24) is 0 Å². The van der Waals surface area contributed by atoms with Gasteiger partial charge in [-0.1, -0.05) is 58.0 Å². The Kier molecular flexibility index (Phi) is 5.87. The van der Waals surface area contributed by atoms with Crippen LogP contribution in [0.3, 0.4) is 0 Å². The maximum absolute atomic E-state index is 12.8. The number of carbonyl (C=O) groups is 2. The molecule has 3 rings (SSSR count). The lowest BCUT2D eigenvalue weighted by Crippen LogP contribution is -2.29. The summed E-state index contributed by atoms with van der Waals surface area (Å²) in [5, 5.41) is 2.98. The summed E-state index contributed by atoms with van der Waals surface area (Å²) in [5.41, 5.74) is 5.21. The first-order valence-electron chi connectivity index (χ1n) is 10.1. The molecule has 1 N–H and O–H groups in total. The lowest BCUT2D eigenvalue weighted by atomic mass is 9.97. The molecule has 0 radical (unpaired) electrons. The molecule has 4 heteroatoms. The molecular weight excluding hydrogens is 348 g/mol. The number of amides is 2. The quantitative estimate of drug-likeness (QED) is 0.774. The predicted molar refractivity (Wildman–Crippen MR) is 115 cm³/mol. The SMILES string of the molecule is Cc1cccc(C(C)C)c1N1CC(C(=O)Nc2ccc(C(C)C)cc2)CC1=O. The zero-order chi connectivity index (χ0) is 20.4. The van der Waals surface area contributed by atoms with Crippen LogP contribution in [0.15, 0.2) is 42.5 Å². The van der Waals surface area contributed by atoms with Crippen molar-refractivity contribution in [2.75, 3.05) is 16.8 Å². The maximum atomic E-state index is 12.8. The smallest absolute Gasteiger partial charge is 0.229 e. The number of anilines is 2. The lowest BCUT2D eigenvalue weighted by molar-refractivity contribution is -0.122. The van der Waals surface area contributed by atoms with Gasteiger partial charge in [0, 0.05) is 24.3 Å². The molecule has 0 bridgehead atoms. The van der Waals surface area contributed by atoms with E-state index >= 15 is 0 Å². The second-order valence-electron chi connectivity index (χ2n) is 8.34. The van der Waals surface area contributed by atoms with Gasteiger partial charge in [-0.3, -0.25) is 9.59 Å². The minimum absolute atomic E-state index is 0.0199. The minimum atomic E-state index is -0.336. The Balaban J connectivity index is 1.75. The fraction of sp³-hybridized carbons (Fsp3) is 0.417. The topological polar surface area (TPSA) is 49.4 Å². The molecular formula is C24H30N2O2. The van der Waals surface area contributed by atoms with Gasteiger partial charge >= 0.3 is 0 Å². The van der Waals surface area contributed by atoms with E-state index in [0.29, 0.717) is 18.4 Å². The molecule has 1 aliphatic heterocycles. The van der Waals surface area contributed by atoms with E-state index < -0.39 is 0 Å². The number of carbonyl (C=O) groups excluding carboxylic acids is 2. The van der Waals surface area contributed by atoms with Crippen LogP contribution in [0, 0.1) is 12.8 Å². The largest absolute Gasteiger partial charge is 0.326 e. The monoisotopic (exact) mass is 378 g/mol. The standard InChI is InChI=1S/C24H30N2O2/c1-15(2)18-9-11-20(12-10-18)25-24(28)19-13-22(27)26(14-19)23-17(5)7-6-8-21(23)16(3)4/h6-12,15-16,19H,13-14H2,1-5H3,(H,25,28). The van der Waals surface area contributed by atoms with E-state index in [0.717, 1.165) is 22.5 Å². The molecule has 0 aromatic heterocycles. The van der Waals surface area contributed by atoms with Crippen LogP contribution in [-0.4, -0.2) is 18.4 Å². The first-order valence-corrected chi connectivity index (χ1v) is 10.1. The number of para-hydroxylation sites is 1. The molecule has 1 fully saturated rings. The highest BCUT2D eigenvalue weighted by atomic mass is 16.2. The zero-order valence-electron chi connectivity index (χ0n) is 17.5. The van der Waals surface area contributed by atoms with Crippen LogP contribution in [0.2, 0.25) is 0 Å². The van der Waals surface area contributed by atoms with Crippen molar-refractivity contribution in [2.24, 2.45) is 5.92 Å². The second-order valence-corrected chi connectivity index (χ2v) is 8.34. The third-order valence-corrected chi connectivity index (χ3v) is 5.50. The fourth-order valence-electron chi connectivity index (χ4n) is 3.81. The van der Waals surface area contributed by atoms with Gasteiger partial charge < -0.3 is 10.2 Å². The fourth-order valence-corrected chi connectivity index (χ4v) is 3.81. The molecule has 0 aliphatic carbocycles. The number of aryl methyl sites for hydroxylation is 1. The Morgan fingerprint density at radius 2 is 1.71 bits per heavy atom. The van der Waals surface area contributed by atoms with E-state index in [1.807, 2.05) is 43.3 Å². The summed E-state index contributed by atoms with van der Waals surface area (Å²) >= 11 is 0. The molecule has 1 saturated heterocycles. The second kappa shape index (κ2) is 8.17. The van der Waals surface area contributed by atoms with Gasteiger partial charge in [-0.15, -0.1) is 0 Å². The van der Waals surface area contributed by atoms with Crippen molar-refractivity contribution in [2.45, 2.75) is 52.9 Å². The summed E-state index contributed by atoms with van der Waals surface area (Å²) in [6, 6.07) is 14.1. The maximum Gasteiger partial charge on any atom is 0.229 e. The number of rotatable bonds is 5. The van der Waals surface area contributed by atoms with Crippen LogP contribution in [0.25, 0.3) is 0 Å². The van der Waals surface area contributed by atoms with E-state index in [-0.39, 0.29) is 24.2 Å². The van der Waals surface area contributed by atoms with Crippen molar-refractivity contribution >= 4 is 23.2 Å². The van der Waals surface area contributed by atoms with E-state index in [4.69, 9.17) is 0 Å². The number of hydrogen-bond acceptors (Lipinski definition) is 2. The van der Waals surface area contributed by atoms with Gasteiger partial charge in [-0.25, -0.2) is 0 Å². The Hall–Kier alpha value is -2.62. The van der Waals surface area contributed by atoms with Gasteiger partial charge in [0.1, 0.15) is 0 Å². The normalized spacial score (nSPS) is 16.9. The molecule has 2 aromatic carbocycles. The van der Waals surface area contributed by atoms with Crippen LogP contribution >= 0.6 is 0 Å². The molecule has 1 heterocycles. The first kappa shape index (κ1) is 20.1. The van der Waals surface area contributed by atoms with Crippen LogP contribution in [0.5, 0.6) is 0 Å². The van der Waals surface area contributed by atoms with Gasteiger partial charge in [0.2, 0.25) is 11.8 Å². The Morgan fingerprint density at radius 3 is 2.32 bits per heavy atom. The number of hydrogen-bond donors (Lipinski definition) is 1. The molecule has 2 aromatic rings. The van der Waals surface area contributed by atoms with Crippen LogP contribution in [-0.2, 0) is 9.59 Å². The average Bonchev–Trinajstić information content (AvgIpc) is 3.03. The summed E-state index contributed by atoms with van der Waals surface area (Å²) < 4.78 is 0. The van der Waals surface area contributed by atoms with Gasteiger partial charge in [0.15, 0.2) is 0 Å². The van der Waals surface area contributed by atoms with Crippen LogP contribution in [0.1, 0.15) is 62.6 Å². The highest BCUT2D eigenvalue weighted by Crippen LogP contribution is 2.35. The van der Waals surface area contributed by atoms with Gasteiger partial charge in [-0.05, 0) is 47.6 Å². The summed E-state index contributed by atoms with van der Waals surface area (Å²) in [5.74, 6) is 0.362. The van der Waals surface area contributed by atoms with Crippen LogP contribution < -0.4 is 10.2 Å². The highest BCUT2D eigenvalue weighted by Gasteiger charge is 2.36. The van der Waals surface area contributed by atoms with E-state index in [1.54, 1.807) is 4.90 Å². The highest BCUT2D eigenvalue weighted by molar-refractivity contribution is 6.04. The third-order valence-electron chi connectivity index (χ3n) is 5.50. The summed E-state index contributed by atoms with van der Waals surface area (Å²) in [6.07, 6.45) is 0.252. The minimum Gasteiger partial charge on any atom is -0.326 e. The predicted octanol–water partition coefficient (Wildman–Crippen LogP) is 5.23. The molecule has 1 unspecified atom stereocenters. The molecule has 2 amide bonds. The third kappa shape index (κ3) is 4.11. The molecule has 4 nitrogen and oxygen atoms in total. The van der Waals surface area contributed by atoms with Crippen molar-refractivity contribution in [3.8, 4) is 0 Å². The zero-order valence-corrected chi connectivity index (χ0v) is 17.5. The molecule has 0 spiro atoms. The number of benzene rings is 2. The Morgan fingerprint density at radius 1 is 1.04 bits per heavy atom. The van der Waals surface area contributed by atoms with E-state index in [1.165, 1.54) is 5.56 Å². The van der Waals surface area contributed by atoms with Gasteiger partial charge in [-0.2, -0.15) is 0 Å². The summed E-state index contributed by atoms with van der Waals surface area (Å²) in [6.45, 7) is 11.0. The number of nitrogens with one attached hydrogen (secondary N) is 1. The average molecular weight is 379 g/mol. The van der Waals surface area contributed by atoms with E-state index in [2.05, 4.69) is 39.1 Å². The van der Waals surface area contributed by atoms with Crippen molar-refractivity contribution in [3.63, 3.8) is 0 Å². The van der Waals surface area contributed by atoms with Crippen LogP contribution in [0.4, 0.5) is 11.4 Å². The number of nitrogens with zero attached hydrogens (tertiary/aromatic N) is 1. The van der Waals surface area contributed by atoms with E-state index in [9.17, 15) is 9.59 Å². The molecule has 28 heavy (non-hydrogen) atoms. The van der Waals surface area contributed by atoms with Crippen molar-refractivity contribution < 1.29 is 9.59 Å². The molecule has 1 atom stereocenters. The summed E-state index contributed by atoms with van der Waals surface area (Å²) in [7, 11) is 0. The molecule has 1 aliphatic rings. The van der Waals surface area contributed by atoms with Gasteiger partial charge in [0.25, 0.3) is 0 Å². The first-order chi connectivity index (χ1) is 13.3. The van der Waals surface area contributed by atoms with Crippen molar-refractivity contribution in [1.29, 1.82) is 0 Å². The summed E-state index contributed by atoms with van der Waals surface area (Å²) in [4.78, 5) is 27.3. The lowest BCUT2D eigenvalue weighted by Gasteiger charge is -2.24. The Labute approximate surface area is 167 Å². The van der Waals surface area contributed by atoms with Gasteiger partial charge in [0.05, 0.1) is 5.92 Å². The molecule has 0 saturated carbocycles.